The Morgan fingerprint density at radius 1 is 1.50 bits per heavy atom. The van der Waals surface area contributed by atoms with Gasteiger partial charge in [-0.15, -0.1) is 0 Å². The SMILES string of the molecule is NS(=O)(=O)c1cc([N+](=O)[O-])ccc1OCC1CCCO1. The van der Waals surface area contributed by atoms with Crippen LogP contribution >= 0.6 is 0 Å². The first kappa shape index (κ1) is 14.7. The Kier molecular flexibility index (Phi) is 4.21. The first-order valence-corrected chi connectivity index (χ1v) is 7.48. The Balaban J connectivity index is 2.24. The van der Waals surface area contributed by atoms with E-state index in [0.29, 0.717) is 6.61 Å². The Hall–Kier alpha value is -1.71. The monoisotopic (exact) mass is 302 g/mol. The first-order chi connectivity index (χ1) is 9.38. The molecular formula is C11H14N2O6S. The van der Waals surface area contributed by atoms with Crippen LogP contribution in [0.4, 0.5) is 5.69 Å². The van der Waals surface area contributed by atoms with Gasteiger partial charge in [0, 0.05) is 18.7 Å². The molecule has 110 valence electrons. The van der Waals surface area contributed by atoms with Crippen LogP contribution in [0.1, 0.15) is 12.8 Å². The smallest absolute Gasteiger partial charge is 0.271 e. The van der Waals surface area contributed by atoms with Crippen LogP contribution in [0.3, 0.4) is 0 Å². The largest absolute Gasteiger partial charge is 0.489 e. The highest BCUT2D eigenvalue weighted by Crippen LogP contribution is 2.28. The third-order valence-electron chi connectivity index (χ3n) is 2.89. The Morgan fingerprint density at radius 3 is 2.80 bits per heavy atom. The maximum Gasteiger partial charge on any atom is 0.271 e. The molecule has 1 fully saturated rings. The maximum atomic E-state index is 11.5. The van der Waals surface area contributed by atoms with Gasteiger partial charge >= 0.3 is 0 Å². The van der Waals surface area contributed by atoms with E-state index in [4.69, 9.17) is 14.6 Å². The van der Waals surface area contributed by atoms with Crippen molar-refractivity contribution >= 4 is 15.7 Å². The topological polar surface area (TPSA) is 122 Å². The maximum absolute atomic E-state index is 11.5. The number of ether oxygens (including phenoxy) is 2. The number of nitrogens with zero attached hydrogens (tertiary/aromatic N) is 1. The molecule has 9 heteroatoms. The molecule has 1 saturated heterocycles. The fourth-order valence-corrected chi connectivity index (χ4v) is 2.60. The van der Waals surface area contributed by atoms with Crippen molar-refractivity contribution in [3.8, 4) is 5.75 Å². The van der Waals surface area contributed by atoms with Crippen LogP contribution in [0.15, 0.2) is 23.1 Å². The molecule has 0 amide bonds. The zero-order valence-corrected chi connectivity index (χ0v) is 11.3. The zero-order chi connectivity index (χ0) is 14.8. The van der Waals surface area contributed by atoms with Crippen LogP contribution in [-0.2, 0) is 14.8 Å². The van der Waals surface area contributed by atoms with Crippen molar-refractivity contribution in [2.75, 3.05) is 13.2 Å². The number of hydrogen-bond acceptors (Lipinski definition) is 6. The Labute approximate surface area is 115 Å². The van der Waals surface area contributed by atoms with Gasteiger partial charge < -0.3 is 9.47 Å². The third kappa shape index (κ3) is 3.44. The molecule has 0 aliphatic carbocycles. The van der Waals surface area contributed by atoms with E-state index in [2.05, 4.69) is 0 Å². The molecule has 1 aliphatic heterocycles. The van der Waals surface area contributed by atoms with Crippen LogP contribution in [0, 0.1) is 10.1 Å². The number of hydrogen-bond donors (Lipinski definition) is 1. The second kappa shape index (κ2) is 5.73. The molecule has 0 saturated carbocycles. The summed E-state index contributed by atoms with van der Waals surface area (Å²) in [6.45, 7) is 0.830. The average molecular weight is 302 g/mol. The summed E-state index contributed by atoms with van der Waals surface area (Å²) in [7, 11) is -4.11. The lowest BCUT2D eigenvalue weighted by molar-refractivity contribution is -0.385. The lowest BCUT2D eigenvalue weighted by Crippen LogP contribution is -2.19. The second-order valence-electron chi connectivity index (χ2n) is 4.38. The molecule has 2 N–H and O–H groups in total. The van der Waals surface area contributed by atoms with E-state index >= 15 is 0 Å². The quantitative estimate of drug-likeness (QED) is 0.634. The van der Waals surface area contributed by atoms with Gasteiger partial charge in [-0.2, -0.15) is 0 Å². The fraction of sp³-hybridized carbons (Fsp3) is 0.455. The molecule has 1 atom stereocenters. The zero-order valence-electron chi connectivity index (χ0n) is 10.5. The minimum Gasteiger partial charge on any atom is -0.489 e. The van der Waals surface area contributed by atoms with E-state index < -0.39 is 19.8 Å². The van der Waals surface area contributed by atoms with Gasteiger partial charge in [-0.25, -0.2) is 13.6 Å². The number of sulfonamides is 1. The van der Waals surface area contributed by atoms with Gasteiger partial charge in [-0.05, 0) is 18.9 Å². The number of benzene rings is 1. The third-order valence-corrected chi connectivity index (χ3v) is 3.83. The highest BCUT2D eigenvalue weighted by molar-refractivity contribution is 7.89. The molecular weight excluding hydrogens is 288 g/mol. The van der Waals surface area contributed by atoms with Crippen molar-refractivity contribution < 1.29 is 22.8 Å². The first-order valence-electron chi connectivity index (χ1n) is 5.93. The predicted molar refractivity (Wildman–Crippen MR) is 68.9 cm³/mol. The van der Waals surface area contributed by atoms with Crippen LogP contribution < -0.4 is 9.88 Å². The van der Waals surface area contributed by atoms with E-state index in [0.717, 1.165) is 18.9 Å². The molecule has 20 heavy (non-hydrogen) atoms. The van der Waals surface area contributed by atoms with Crippen LogP contribution in [-0.4, -0.2) is 32.7 Å². The van der Waals surface area contributed by atoms with E-state index in [1.807, 2.05) is 0 Å². The molecule has 0 spiro atoms. The molecule has 8 nitrogen and oxygen atoms in total. The van der Waals surface area contributed by atoms with E-state index in [9.17, 15) is 18.5 Å². The molecule has 1 heterocycles. The number of nitro benzene ring substituents is 1. The summed E-state index contributed by atoms with van der Waals surface area (Å²) < 4.78 is 33.7. The molecule has 1 aromatic rings. The summed E-state index contributed by atoms with van der Waals surface area (Å²) in [5.41, 5.74) is -0.363. The van der Waals surface area contributed by atoms with Crippen molar-refractivity contribution in [3.05, 3.63) is 28.3 Å². The number of primary sulfonamides is 1. The van der Waals surface area contributed by atoms with E-state index in [-0.39, 0.29) is 24.1 Å². The minimum atomic E-state index is -4.11. The lowest BCUT2D eigenvalue weighted by Gasteiger charge is -2.13. The van der Waals surface area contributed by atoms with Gasteiger partial charge in [-0.3, -0.25) is 10.1 Å². The average Bonchev–Trinajstić information content (AvgIpc) is 2.88. The normalized spacial score (nSPS) is 18.9. The summed E-state index contributed by atoms with van der Waals surface area (Å²) in [6, 6.07) is 3.28. The molecule has 1 aromatic carbocycles. The summed E-state index contributed by atoms with van der Waals surface area (Å²) >= 11 is 0. The molecule has 0 radical (unpaired) electrons. The summed E-state index contributed by atoms with van der Waals surface area (Å²) in [6.07, 6.45) is 1.66. The molecule has 2 rings (SSSR count). The molecule has 1 aliphatic rings. The Morgan fingerprint density at radius 2 is 2.25 bits per heavy atom. The lowest BCUT2D eigenvalue weighted by atomic mass is 10.2. The van der Waals surface area contributed by atoms with E-state index in [1.54, 1.807) is 0 Å². The van der Waals surface area contributed by atoms with Gasteiger partial charge in [0.15, 0.2) is 0 Å². The summed E-state index contributed by atoms with van der Waals surface area (Å²) in [5, 5.41) is 15.7. The summed E-state index contributed by atoms with van der Waals surface area (Å²) in [5.74, 6) is -0.00593. The summed E-state index contributed by atoms with van der Waals surface area (Å²) in [4.78, 5) is 9.57. The van der Waals surface area contributed by atoms with Gasteiger partial charge in [0.2, 0.25) is 10.0 Å². The van der Waals surface area contributed by atoms with Gasteiger partial charge in [0.25, 0.3) is 5.69 Å². The fourth-order valence-electron chi connectivity index (χ4n) is 1.91. The standard InChI is InChI=1S/C11H14N2O6S/c12-20(16,17)11-6-8(13(14)15)3-4-10(11)19-7-9-2-1-5-18-9/h3-4,6,9H,1-2,5,7H2,(H2,12,16,17). The number of nitrogens with two attached hydrogens (primary N) is 1. The second-order valence-corrected chi connectivity index (χ2v) is 5.91. The molecule has 0 bridgehead atoms. The van der Waals surface area contributed by atoms with Crippen LogP contribution in [0.2, 0.25) is 0 Å². The van der Waals surface area contributed by atoms with Crippen molar-refractivity contribution in [2.45, 2.75) is 23.8 Å². The van der Waals surface area contributed by atoms with Gasteiger partial charge in [0.1, 0.15) is 17.3 Å². The molecule has 1 unspecified atom stereocenters. The molecule has 0 aromatic heterocycles. The van der Waals surface area contributed by atoms with E-state index in [1.165, 1.54) is 12.1 Å². The Bertz CT molecular complexity index is 609. The van der Waals surface area contributed by atoms with Crippen molar-refractivity contribution in [1.29, 1.82) is 0 Å². The number of rotatable bonds is 5. The van der Waals surface area contributed by atoms with Crippen molar-refractivity contribution in [2.24, 2.45) is 5.14 Å². The van der Waals surface area contributed by atoms with Gasteiger partial charge in [0.05, 0.1) is 11.0 Å². The van der Waals surface area contributed by atoms with Crippen LogP contribution in [0.25, 0.3) is 0 Å². The number of non-ortho nitro benzene ring substituents is 1. The highest BCUT2D eigenvalue weighted by Gasteiger charge is 2.22. The van der Waals surface area contributed by atoms with Crippen molar-refractivity contribution in [1.82, 2.24) is 0 Å². The minimum absolute atomic E-state index is 0.00593. The highest BCUT2D eigenvalue weighted by atomic mass is 32.2. The van der Waals surface area contributed by atoms with Crippen molar-refractivity contribution in [3.63, 3.8) is 0 Å². The number of nitro groups is 1. The predicted octanol–water partition coefficient (Wildman–Crippen LogP) is 0.800. The van der Waals surface area contributed by atoms with Gasteiger partial charge in [-0.1, -0.05) is 0 Å². The van der Waals surface area contributed by atoms with Crippen LogP contribution in [0.5, 0.6) is 5.75 Å².